The number of carbonyl (C=O) groups excluding carboxylic acids is 1. The first-order valence-corrected chi connectivity index (χ1v) is 11.8. The zero-order valence-corrected chi connectivity index (χ0v) is 18.1. The highest BCUT2D eigenvalue weighted by molar-refractivity contribution is 5.87. The highest BCUT2D eigenvalue weighted by Crippen LogP contribution is 2.72. The molecule has 4 aliphatic carbocycles. The summed E-state index contributed by atoms with van der Waals surface area (Å²) in [4.78, 5) is 12.8. The van der Waals surface area contributed by atoms with E-state index < -0.39 is 0 Å². The monoisotopic (exact) mass is 395 g/mol. The van der Waals surface area contributed by atoms with E-state index in [1.54, 1.807) is 0 Å². The molecule has 4 nitrogen and oxygen atoms in total. The lowest BCUT2D eigenvalue weighted by molar-refractivity contribution is -0.682. The van der Waals surface area contributed by atoms with E-state index in [9.17, 15) is 4.79 Å². The van der Waals surface area contributed by atoms with Crippen molar-refractivity contribution in [1.82, 2.24) is 0 Å². The van der Waals surface area contributed by atoms with Crippen LogP contribution >= 0.6 is 0 Å². The maximum absolute atomic E-state index is 12.8. The fourth-order valence-electron chi connectivity index (χ4n) is 8.95. The van der Waals surface area contributed by atoms with Crippen molar-refractivity contribution in [3.63, 3.8) is 0 Å². The summed E-state index contributed by atoms with van der Waals surface area (Å²) < 4.78 is 8.27. The van der Waals surface area contributed by atoms with Crippen LogP contribution in [0.25, 0.3) is 0 Å². The number of carbonyl (C=O) groups is 1. The van der Waals surface area contributed by atoms with Gasteiger partial charge in [-0.1, -0.05) is 24.6 Å². The minimum absolute atomic E-state index is 0.0408. The number of fused-ring (bicyclic) bond motifs is 4. The quantitative estimate of drug-likeness (QED) is 0.566. The van der Waals surface area contributed by atoms with Gasteiger partial charge in [-0.3, -0.25) is 4.79 Å². The number of ether oxygens (including phenoxy) is 1. The molecule has 0 radical (unpaired) electrons. The standard InChI is InChI=1S/C25H35N2O2/c1-23-11-10-20-18(19(23)7-8-22(23)28)15-21-25(27(21)26-13-5-4-6-14-26)16-17(29-3)9-12-24(20,25)2/h4-6,13-14,17-21H,7-12,15-16H2,1-3H3/q+1/t17-,18-,19-,20-,21?,23-,24+,25?,27?/m0/s1. The van der Waals surface area contributed by atoms with E-state index in [1.165, 1.54) is 25.7 Å². The van der Waals surface area contributed by atoms with E-state index in [2.05, 4.69) is 54.1 Å². The van der Waals surface area contributed by atoms with Gasteiger partial charge in [0, 0.05) is 42.9 Å². The Morgan fingerprint density at radius 2 is 1.86 bits per heavy atom. The van der Waals surface area contributed by atoms with Crippen molar-refractivity contribution in [3.8, 4) is 0 Å². The first-order chi connectivity index (χ1) is 14.0. The molecule has 1 saturated heterocycles. The Hall–Kier alpha value is -1.42. The minimum Gasteiger partial charge on any atom is -0.381 e. The lowest BCUT2D eigenvalue weighted by Gasteiger charge is -2.58. The smallest absolute Gasteiger partial charge is 0.199 e. The Morgan fingerprint density at radius 1 is 1.07 bits per heavy atom. The van der Waals surface area contributed by atoms with Crippen LogP contribution in [0.5, 0.6) is 0 Å². The number of rotatable bonds is 2. The summed E-state index contributed by atoms with van der Waals surface area (Å²) in [7, 11) is 1.89. The van der Waals surface area contributed by atoms with Gasteiger partial charge in [-0.05, 0) is 56.3 Å². The number of pyridine rings is 1. The highest BCUT2D eigenvalue weighted by atomic mass is 16.5. The molecule has 4 heteroatoms. The predicted molar refractivity (Wildman–Crippen MR) is 111 cm³/mol. The van der Waals surface area contributed by atoms with Crippen LogP contribution in [0.2, 0.25) is 0 Å². The van der Waals surface area contributed by atoms with Crippen LogP contribution in [0.4, 0.5) is 0 Å². The second-order valence-corrected chi connectivity index (χ2v) is 11.1. The number of methoxy groups -OCH3 is 1. The molecule has 1 aromatic heterocycles. The number of hydrogen-bond donors (Lipinski definition) is 0. The topological polar surface area (TPSA) is 33.2 Å². The van der Waals surface area contributed by atoms with Gasteiger partial charge in [0.1, 0.15) is 17.4 Å². The largest absolute Gasteiger partial charge is 0.381 e. The van der Waals surface area contributed by atoms with Gasteiger partial charge >= 0.3 is 0 Å². The SMILES string of the molecule is CO[C@H]1CC[C@]2(C)[C@H]3CC[C@]4(C)C(=O)CC[C@H]4[C@@H]3CC3N([n+]4ccccc4)C32C1. The molecule has 1 aliphatic heterocycles. The van der Waals surface area contributed by atoms with Crippen molar-refractivity contribution < 1.29 is 14.2 Å². The van der Waals surface area contributed by atoms with Crippen LogP contribution in [0.3, 0.4) is 0 Å². The van der Waals surface area contributed by atoms with Crippen LogP contribution in [-0.2, 0) is 9.53 Å². The number of aromatic nitrogens is 1. The van der Waals surface area contributed by atoms with Crippen LogP contribution in [0.15, 0.2) is 30.6 Å². The Morgan fingerprint density at radius 3 is 2.62 bits per heavy atom. The van der Waals surface area contributed by atoms with Crippen molar-refractivity contribution in [2.45, 2.75) is 82.9 Å². The van der Waals surface area contributed by atoms with Crippen molar-refractivity contribution in [2.24, 2.45) is 28.6 Å². The number of hydrogen-bond acceptors (Lipinski definition) is 3. The highest BCUT2D eigenvalue weighted by Gasteiger charge is 2.83. The van der Waals surface area contributed by atoms with E-state index in [1.807, 2.05) is 7.11 Å². The van der Waals surface area contributed by atoms with Crippen LogP contribution < -0.4 is 9.69 Å². The molecule has 8 atom stereocenters. The molecule has 2 heterocycles. The summed E-state index contributed by atoms with van der Waals surface area (Å²) in [5, 5.41) is 2.70. The molecule has 5 aliphatic rings. The summed E-state index contributed by atoms with van der Waals surface area (Å²) in [6.07, 6.45) is 13.9. The molecule has 0 aromatic carbocycles. The number of Topliss-reactive ketones (excluding diaryl/α,β-unsaturated/α-hetero) is 1. The van der Waals surface area contributed by atoms with Crippen molar-refractivity contribution in [1.29, 1.82) is 0 Å². The normalized spacial score (nSPS) is 50.4. The van der Waals surface area contributed by atoms with Crippen molar-refractivity contribution >= 4 is 5.78 Å². The molecule has 0 amide bonds. The molecule has 5 fully saturated rings. The summed E-state index contributed by atoms with van der Waals surface area (Å²) in [6.45, 7) is 4.90. The summed E-state index contributed by atoms with van der Waals surface area (Å²) >= 11 is 0. The molecule has 2 unspecified atom stereocenters. The van der Waals surface area contributed by atoms with Gasteiger partial charge in [-0.15, -0.1) is 0 Å². The third-order valence-electron chi connectivity index (χ3n) is 10.4. The van der Waals surface area contributed by atoms with Gasteiger partial charge in [0.05, 0.1) is 6.10 Å². The van der Waals surface area contributed by atoms with E-state index >= 15 is 0 Å². The van der Waals surface area contributed by atoms with Gasteiger partial charge in [0.2, 0.25) is 0 Å². The van der Waals surface area contributed by atoms with Gasteiger partial charge in [0.25, 0.3) is 0 Å². The van der Waals surface area contributed by atoms with Gasteiger partial charge in [0.15, 0.2) is 12.4 Å². The molecule has 6 rings (SSSR count). The molecule has 1 spiro atoms. The van der Waals surface area contributed by atoms with Gasteiger partial charge < -0.3 is 4.74 Å². The molecule has 0 N–H and O–H groups in total. The van der Waals surface area contributed by atoms with Crippen LogP contribution in [0.1, 0.15) is 65.2 Å². The Kier molecular flexibility index (Phi) is 3.70. The van der Waals surface area contributed by atoms with E-state index in [0.717, 1.165) is 31.6 Å². The maximum atomic E-state index is 12.8. The molecular weight excluding hydrogens is 360 g/mol. The van der Waals surface area contributed by atoms with Crippen molar-refractivity contribution in [3.05, 3.63) is 30.6 Å². The Balaban J connectivity index is 1.44. The average molecular weight is 396 g/mol. The Bertz CT molecular complexity index is 842. The van der Waals surface area contributed by atoms with Crippen molar-refractivity contribution in [2.75, 3.05) is 12.1 Å². The van der Waals surface area contributed by atoms with E-state index in [-0.39, 0.29) is 11.0 Å². The van der Waals surface area contributed by atoms with Gasteiger partial charge in [-0.2, -0.15) is 5.01 Å². The molecule has 1 aromatic rings. The second-order valence-electron chi connectivity index (χ2n) is 11.1. The number of nitrogens with zero attached hydrogens (tertiary/aromatic N) is 2. The summed E-state index contributed by atoms with van der Waals surface area (Å²) in [5.74, 6) is 2.61. The zero-order valence-electron chi connectivity index (χ0n) is 18.1. The lowest BCUT2D eigenvalue weighted by atomic mass is 9.45. The number of ketones is 1. The molecule has 156 valence electrons. The maximum Gasteiger partial charge on any atom is 0.199 e. The third kappa shape index (κ3) is 2.09. The van der Waals surface area contributed by atoms with E-state index in [0.29, 0.717) is 35.2 Å². The predicted octanol–water partition coefficient (Wildman–Crippen LogP) is 3.65. The average Bonchev–Trinajstić information content (AvgIpc) is 3.27. The lowest BCUT2D eigenvalue weighted by Crippen LogP contribution is -2.61. The summed E-state index contributed by atoms with van der Waals surface area (Å²) in [6, 6.07) is 6.98. The third-order valence-corrected chi connectivity index (χ3v) is 10.4. The first kappa shape index (κ1) is 18.4. The summed E-state index contributed by atoms with van der Waals surface area (Å²) in [5.41, 5.74) is 0.488. The minimum atomic E-state index is -0.0408. The van der Waals surface area contributed by atoms with Gasteiger partial charge in [-0.25, -0.2) is 0 Å². The Labute approximate surface area is 174 Å². The zero-order chi connectivity index (χ0) is 20.0. The van der Waals surface area contributed by atoms with Crippen LogP contribution in [0, 0.1) is 28.6 Å². The second kappa shape index (κ2) is 5.84. The molecule has 4 saturated carbocycles. The molecule has 29 heavy (non-hydrogen) atoms. The molecule has 0 bridgehead atoms. The van der Waals surface area contributed by atoms with Crippen LogP contribution in [-0.4, -0.2) is 30.6 Å². The molecular formula is C25H35N2O2+. The fourth-order valence-corrected chi connectivity index (χ4v) is 8.95. The fraction of sp³-hybridized carbons (Fsp3) is 0.760. The van der Waals surface area contributed by atoms with E-state index in [4.69, 9.17) is 4.74 Å². The first-order valence-electron chi connectivity index (χ1n) is 11.8.